The molecule has 0 unspecified atom stereocenters. The second-order valence-corrected chi connectivity index (χ2v) is 4.37. The van der Waals surface area contributed by atoms with E-state index < -0.39 is 0 Å². The predicted molar refractivity (Wildman–Crippen MR) is 75.9 cm³/mol. The first-order chi connectivity index (χ1) is 9.69. The van der Waals surface area contributed by atoms with Crippen LogP contribution >= 0.6 is 0 Å². The van der Waals surface area contributed by atoms with Gasteiger partial charge in [0, 0.05) is 0 Å². The average molecular weight is 270 g/mol. The molecule has 0 aliphatic carbocycles. The van der Waals surface area contributed by atoms with Crippen molar-refractivity contribution < 1.29 is 14.2 Å². The Balaban J connectivity index is 2.14. The van der Waals surface area contributed by atoms with E-state index in [1.807, 2.05) is 25.1 Å². The van der Waals surface area contributed by atoms with E-state index in [-0.39, 0.29) is 12.4 Å². The molecule has 0 heterocycles. The summed E-state index contributed by atoms with van der Waals surface area (Å²) in [6.07, 6.45) is 0. The van der Waals surface area contributed by atoms with Crippen molar-refractivity contribution in [2.24, 2.45) is 0 Å². The average Bonchev–Trinajstić information content (AvgIpc) is 2.46. The monoisotopic (exact) mass is 270 g/mol. The lowest BCUT2D eigenvalue weighted by Gasteiger charge is -2.09. The summed E-state index contributed by atoms with van der Waals surface area (Å²) in [5.41, 5.74) is 2.69. The molecule has 2 aromatic rings. The van der Waals surface area contributed by atoms with Crippen LogP contribution in [-0.2, 0) is 6.61 Å². The quantitative estimate of drug-likeness (QED) is 0.869. The van der Waals surface area contributed by atoms with Crippen LogP contribution in [0.4, 0.5) is 4.39 Å². The number of ether oxygens (including phenoxy) is 1. The first kappa shape index (κ1) is 14.1. The van der Waals surface area contributed by atoms with Crippen molar-refractivity contribution in [1.82, 2.24) is 0 Å². The molecule has 20 heavy (non-hydrogen) atoms. The Morgan fingerprint density at radius 2 is 1.90 bits per heavy atom. The molecule has 3 heteroatoms. The van der Waals surface area contributed by atoms with Crippen LogP contribution in [0.1, 0.15) is 16.7 Å². The van der Waals surface area contributed by atoms with Crippen molar-refractivity contribution >= 4 is 0 Å². The number of benzene rings is 2. The van der Waals surface area contributed by atoms with E-state index in [4.69, 9.17) is 9.84 Å². The molecular formula is C17H15FO2. The molecule has 0 aliphatic heterocycles. The van der Waals surface area contributed by atoms with Gasteiger partial charge >= 0.3 is 0 Å². The Labute approximate surface area is 117 Å². The number of aliphatic hydroxyl groups excluding tert-OH is 1. The number of hydrogen-bond donors (Lipinski definition) is 1. The highest BCUT2D eigenvalue weighted by atomic mass is 19.1. The fraction of sp³-hybridized carbons (Fsp3) is 0.176. The van der Waals surface area contributed by atoms with Crippen LogP contribution in [0.25, 0.3) is 0 Å². The van der Waals surface area contributed by atoms with Gasteiger partial charge in [-0.15, -0.1) is 0 Å². The Morgan fingerprint density at radius 3 is 2.60 bits per heavy atom. The SMILES string of the molecule is Cc1ccc(OCc2ccc(F)cc2)c(C#CCO)c1. The van der Waals surface area contributed by atoms with E-state index in [0.29, 0.717) is 12.4 Å². The standard InChI is InChI=1S/C17H15FO2/c1-13-4-9-17(15(11-13)3-2-10-19)20-12-14-5-7-16(18)8-6-14/h4-9,11,19H,10,12H2,1H3. The maximum absolute atomic E-state index is 12.8. The molecule has 2 nitrogen and oxygen atoms in total. The highest BCUT2D eigenvalue weighted by Crippen LogP contribution is 2.20. The van der Waals surface area contributed by atoms with Crippen molar-refractivity contribution in [3.63, 3.8) is 0 Å². The summed E-state index contributed by atoms with van der Waals surface area (Å²) in [5.74, 6) is 5.87. The fourth-order valence-electron chi connectivity index (χ4n) is 1.74. The van der Waals surface area contributed by atoms with Gasteiger partial charge in [0.05, 0.1) is 5.56 Å². The van der Waals surface area contributed by atoms with Crippen LogP contribution in [0.15, 0.2) is 42.5 Å². The van der Waals surface area contributed by atoms with Gasteiger partial charge in [0.25, 0.3) is 0 Å². The Hall–Kier alpha value is -2.31. The lowest BCUT2D eigenvalue weighted by Crippen LogP contribution is -1.98. The van der Waals surface area contributed by atoms with Crippen LogP contribution in [-0.4, -0.2) is 11.7 Å². The molecule has 0 atom stereocenters. The van der Waals surface area contributed by atoms with Gasteiger partial charge in [-0.05, 0) is 42.3 Å². The number of hydrogen-bond acceptors (Lipinski definition) is 2. The molecule has 0 radical (unpaired) electrons. The number of rotatable bonds is 3. The molecule has 1 N–H and O–H groups in total. The van der Waals surface area contributed by atoms with E-state index >= 15 is 0 Å². The molecule has 0 spiro atoms. The summed E-state index contributed by atoms with van der Waals surface area (Å²) in [5, 5.41) is 8.77. The highest BCUT2D eigenvalue weighted by Gasteiger charge is 2.03. The van der Waals surface area contributed by atoms with Gasteiger partial charge in [-0.25, -0.2) is 4.39 Å². The number of aryl methyl sites for hydroxylation is 1. The Kier molecular flexibility index (Phi) is 4.75. The highest BCUT2D eigenvalue weighted by molar-refractivity contribution is 5.48. The summed E-state index contributed by atoms with van der Waals surface area (Å²) in [6, 6.07) is 11.9. The minimum Gasteiger partial charge on any atom is -0.488 e. The maximum Gasteiger partial charge on any atom is 0.135 e. The largest absolute Gasteiger partial charge is 0.488 e. The predicted octanol–water partition coefficient (Wildman–Crippen LogP) is 3.06. The van der Waals surface area contributed by atoms with Crippen LogP contribution in [0.3, 0.4) is 0 Å². The zero-order chi connectivity index (χ0) is 14.4. The summed E-state index contributed by atoms with van der Waals surface area (Å²) in [7, 11) is 0. The molecule has 0 fully saturated rings. The molecule has 0 saturated heterocycles. The van der Waals surface area contributed by atoms with Gasteiger partial charge in [-0.1, -0.05) is 30.0 Å². The van der Waals surface area contributed by atoms with Crippen LogP contribution in [0.2, 0.25) is 0 Å². The lowest BCUT2D eigenvalue weighted by molar-refractivity contribution is 0.305. The van der Waals surface area contributed by atoms with E-state index in [2.05, 4.69) is 11.8 Å². The Morgan fingerprint density at radius 1 is 1.15 bits per heavy atom. The topological polar surface area (TPSA) is 29.5 Å². The van der Waals surface area contributed by atoms with Crippen LogP contribution in [0.5, 0.6) is 5.75 Å². The molecule has 2 aromatic carbocycles. The van der Waals surface area contributed by atoms with Crippen LogP contribution in [0, 0.1) is 24.6 Å². The third kappa shape index (κ3) is 3.84. The maximum atomic E-state index is 12.8. The third-order valence-corrected chi connectivity index (χ3v) is 2.74. The molecule has 0 saturated carbocycles. The number of aliphatic hydroxyl groups is 1. The molecule has 0 aliphatic rings. The van der Waals surface area contributed by atoms with E-state index in [9.17, 15) is 4.39 Å². The smallest absolute Gasteiger partial charge is 0.135 e. The van der Waals surface area contributed by atoms with Crippen molar-refractivity contribution in [2.75, 3.05) is 6.61 Å². The van der Waals surface area contributed by atoms with Crippen molar-refractivity contribution in [1.29, 1.82) is 0 Å². The van der Waals surface area contributed by atoms with Gasteiger partial charge in [0.15, 0.2) is 0 Å². The Bertz CT molecular complexity index is 636. The second-order valence-electron chi connectivity index (χ2n) is 4.37. The van der Waals surface area contributed by atoms with E-state index in [0.717, 1.165) is 16.7 Å². The molecule has 0 bridgehead atoms. The van der Waals surface area contributed by atoms with Gasteiger partial charge in [-0.3, -0.25) is 0 Å². The first-order valence-corrected chi connectivity index (χ1v) is 6.26. The molecular weight excluding hydrogens is 255 g/mol. The van der Waals surface area contributed by atoms with Gasteiger partial charge < -0.3 is 9.84 Å². The van der Waals surface area contributed by atoms with E-state index in [1.165, 1.54) is 12.1 Å². The van der Waals surface area contributed by atoms with Crippen molar-refractivity contribution in [2.45, 2.75) is 13.5 Å². The normalized spacial score (nSPS) is 9.75. The summed E-state index contributed by atoms with van der Waals surface area (Å²) < 4.78 is 18.5. The van der Waals surface area contributed by atoms with Crippen LogP contribution < -0.4 is 4.74 Å². The minimum absolute atomic E-state index is 0.189. The van der Waals surface area contributed by atoms with Gasteiger partial charge in [0.2, 0.25) is 0 Å². The zero-order valence-electron chi connectivity index (χ0n) is 11.2. The summed E-state index contributed by atoms with van der Waals surface area (Å²) >= 11 is 0. The summed E-state index contributed by atoms with van der Waals surface area (Å²) in [4.78, 5) is 0. The first-order valence-electron chi connectivity index (χ1n) is 6.26. The molecule has 2 rings (SSSR count). The minimum atomic E-state index is -0.265. The number of halogens is 1. The van der Waals surface area contributed by atoms with E-state index in [1.54, 1.807) is 12.1 Å². The lowest BCUT2D eigenvalue weighted by atomic mass is 10.1. The van der Waals surface area contributed by atoms with Gasteiger partial charge in [-0.2, -0.15) is 0 Å². The second kappa shape index (κ2) is 6.74. The van der Waals surface area contributed by atoms with Gasteiger partial charge in [0.1, 0.15) is 24.8 Å². The fourth-order valence-corrected chi connectivity index (χ4v) is 1.74. The summed E-state index contributed by atoms with van der Waals surface area (Å²) in [6.45, 7) is 2.12. The van der Waals surface area contributed by atoms with Crippen molar-refractivity contribution in [3.05, 3.63) is 65.0 Å². The molecule has 0 amide bonds. The van der Waals surface area contributed by atoms with Crippen molar-refractivity contribution in [3.8, 4) is 17.6 Å². The zero-order valence-corrected chi connectivity index (χ0v) is 11.2. The molecule has 102 valence electrons. The third-order valence-electron chi connectivity index (χ3n) is 2.74. The molecule has 0 aromatic heterocycles.